The molecule has 0 aliphatic rings. The second kappa shape index (κ2) is 12.1. The lowest BCUT2D eigenvalue weighted by Gasteiger charge is -2.09. The number of halogens is 2. The first-order chi connectivity index (χ1) is 14.0. The van der Waals surface area contributed by atoms with Gasteiger partial charge in [-0.2, -0.15) is 4.98 Å². The normalized spacial score (nSPS) is 11.1. The van der Waals surface area contributed by atoms with Gasteiger partial charge in [0.15, 0.2) is 11.1 Å². The molecule has 162 valence electrons. The fourth-order valence-corrected chi connectivity index (χ4v) is 3.31. The second-order valence-electron chi connectivity index (χ2n) is 6.41. The first kappa shape index (κ1) is 24.4. The van der Waals surface area contributed by atoms with Crippen LogP contribution >= 0.6 is 46.9 Å². The van der Waals surface area contributed by atoms with Crippen molar-refractivity contribution in [3.05, 3.63) is 46.3 Å². The summed E-state index contributed by atoms with van der Waals surface area (Å²) in [6.45, 7) is 3.93. The molecule has 0 aliphatic carbocycles. The molecule has 0 radical (unpaired) electrons. The summed E-state index contributed by atoms with van der Waals surface area (Å²) in [5, 5.41) is 14.2. The van der Waals surface area contributed by atoms with E-state index in [1.807, 2.05) is 43.4 Å². The number of nitrogens with one attached hydrogen (secondary N) is 2. The Bertz CT molecular complexity index is 943. The van der Waals surface area contributed by atoms with E-state index in [4.69, 9.17) is 16.1 Å². The van der Waals surface area contributed by atoms with Crippen molar-refractivity contribution in [2.45, 2.75) is 19.9 Å². The third-order valence-corrected chi connectivity index (χ3v) is 5.18. The zero-order valence-electron chi connectivity index (χ0n) is 17.1. The molecule has 0 unspecified atom stereocenters. The molecule has 0 bridgehead atoms. The molecule has 11 heteroatoms. The number of thiazole rings is 1. The smallest absolute Gasteiger partial charge is 0.228 e. The summed E-state index contributed by atoms with van der Waals surface area (Å²) in [6, 6.07) is 7.34. The maximum Gasteiger partial charge on any atom is 0.228 e. The van der Waals surface area contributed by atoms with Crippen LogP contribution in [-0.2, 0) is 13.0 Å². The van der Waals surface area contributed by atoms with E-state index in [0.29, 0.717) is 36.2 Å². The van der Waals surface area contributed by atoms with Gasteiger partial charge in [0.2, 0.25) is 11.7 Å². The van der Waals surface area contributed by atoms with Crippen molar-refractivity contribution in [3.8, 4) is 11.4 Å². The summed E-state index contributed by atoms with van der Waals surface area (Å²) in [5.74, 6) is 1.84. The van der Waals surface area contributed by atoms with Gasteiger partial charge >= 0.3 is 0 Å². The molecule has 0 atom stereocenters. The summed E-state index contributed by atoms with van der Waals surface area (Å²) < 4.78 is 5.34. The molecule has 2 heterocycles. The van der Waals surface area contributed by atoms with Crippen molar-refractivity contribution < 1.29 is 4.52 Å². The van der Waals surface area contributed by atoms with Gasteiger partial charge in [-0.15, -0.1) is 35.3 Å². The highest BCUT2D eigenvalue weighted by Gasteiger charge is 2.09. The Morgan fingerprint density at radius 3 is 2.63 bits per heavy atom. The first-order valence-electron chi connectivity index (χ1n) is 9.27. The number of rotatable bonds is 8. The Morgan fingerprint density at radius 1 is 1.20 bits per heavy atom. The summed E-state index contributed by atoms with van der Waals surface area (Å²) in [4.78, 5) is 15.6. The van der Waals surface area contributed by atoms with E-state index in [0.717, 1.165) is 28.9 Å². The van der Waals surface area contributed by atoms with E-state index < -0.39 is 0 Å². The summed E-state index contributed by atoms with van der Waals surface area (Å²) in [5.41, 5.74) is 1.81. The summed E-state index contributed by atoms with van der Waals surface area (Å²) in [7, 11) is 3.96. The van der Waals surface area contributed by atoms with E-state index in [-0.39, 0.29) is 24.0 Å². The molecule has 2 aromatic heterocycles. The third kappa shape index (κ3) is 7.10. The number of benzene rings is 1. The number of aliphatic imine (C=N–C) groups is 1. The summed E-state index contributed by atoms with van der Waals surface area (Å²) >= 11 is 7.52. The molecule has 0 saturated carbocycles. The van der Waals surface area contributed by atoms with Gasteiger partial charge in [-0.3, -0.25) is 0 Å². The lowest BCUT2D eigenvalue weighted by atomic mass is 10.2. The monoisotopic (exact) mass is 561 g/mol. The van der Waals surface area contributed by atoms with Crippen molar-refractivity contribution >= 4 is 58.0 Å². The molecule has 3 rings (SSSR count). The number of hydrogen-bond donors (Lipinski definition) is 2. The minimum atomic E-state index is 0. The van der Waals surface area contributed by atoms with Crippen molar-refractivity contribution in [3.63, 3.8) is 0 Å². The molecular formula is C19H25ClIN7OS. The molecule has 0 amide bonds. The van der Waals surface area contributed by atoms with Crippen LogP contribution in [0.4, 0.5) is 5.13 Å². The highest BCUT2D eigenvalue weighted by molar-refractivity contribution is 14.0. The maximum atomic E-state index is 5.91. The Kier molecular flexibility index (Phi) is 9.79. The summed E-state index contributed by atoms with van der Waals surface area (Å²) in [6.07, 6.45) is 0.590. The molecule has 3 aromatic rings. The van der Waals surface area contributed by atoms with E-state index >= 15 is 0 Å². The van der Waals surface area contributed by atoms with Crippen molar-refractivity contribution in [1.29, 1.82) is 0 Å². The van der Waals surface area contributed by atoms with E-state index in [1.165, 1.54) is 0 Å². The van der Waals surface area contributed by atoms with Crippen LogP contribution in [0, 0.1) is 0 Å². The zero-order chi connectivity index (χ0) is 20.6. The topological polar surface area (TPSA) is 91.5 Å². The SMILES string of the molecule is CCNC(=NCc1csc(N(C)C)n1)NCCc1nc(-c2ccc(Cl)cc2)no1.I. The standard InChI is InChI=1S/C19H24ClN7OS.HI/c1-4-21-18(23-11-15-12-29-19(24-15)27(2)3)22-10-9-16-25-17(26-28-16)13-5-7-14(20)8-6-13;/h5-8,12H,4,9-11H2,1-3H3,(H2,21,22,23);1H. The van der Waals surface area contributed by atoms with Gasteiger partial charge in [0.05, 0.1) is 12.2 Å². The van der Waals surface area contributed by atoms with Crippen LogP contribution in [-0.4, -0.2) is 48.3 Å². The van der Waals surface area contributed by atoms with Crippen molar-refractivity contribution in [2.75, 3.05) is 32.1 Å². The molecule has 1 aromatic carbocycles. The molecule has 30 heavy (non-hydrogen) atoms. The Hall–Kier alpha value is -1.92. The highest BCUT2D eigenvalue weighted by Crippen LogP contribution is 2.19. The lowest BCUT2D eigenvalue weighted by molar-refractivity contribution is 0.378. The van der Waals surface area contributed by atoms with Crippen LogP contribution in [0.5, 0.6) is 0 Å². The molecule has 0 fully saturated rings. The predicted molar refractivity (Wildman–Crippen MR) is 133 cm³/mol. The van der Waals surface area contributed by atoms with Crippen LogP contribution < -0.4 is 15.5 Å². The third-order valence-electron chi connectivity index (χ3n) is 3.87. The molecule has 8 nitrogen and oxygen atoms in total. The van der Waals surface area contributed by atoms with Gasteiger partial charge in [-0.25, -0.2) is 9.98 Å². The number of hydrogen-bond acceptors (Lipinski definition) is 7. The Morgan fingerprint density at radius 2 is 1.97 bits per heavy atom. The van der Waals surface area contributed by atoms with Crippen molar-refractivity contribution in [2.24, 2.45) is 4.99 Å². The van der Waals surface area contributed by atoms with Gasteiger partial charge in [0, 0.05) is 49.6 Å². The number of guanidine groups is 1. The zero-order valence-corrected chi connectivity index (χ0v) is 21.0. The molecule has 0 aliphatic heterocycles. The Balaban J connectivity index is 0.00000320. The van der Waals surface area contributed by atoms with Crippen LogP contribution in [0.2, 0.25) is 5.02 Å². The number of nitrogens with zero attached hydrogens (tertiary/aromatic N) is 5. The molecule has 0 saturated heterocycles. The highest BCUT2D eigenvalue weighted by atomic mass is 127. The average Bonchev–Trinajstić information content (AvgIpc) is 3.36. The van der Waals surface area contributed by atoms with Crippen LogP contribution in [0.15, 0.2) is 39.2 Å². The van der Waals surface area contributed by atoms with Crippen LogP contribution in [0.25, 0.3) is 11.4 Å². The van der Waals surface area contributed by atoms with Crippen LogP contribution in [0.1, 0.15) is 18.5 Å². The molecule has 0 spiro atoms. The van der Waals surface area contributed by atoms with Gasteiger partial charge in [0.1, 0.15) is 0 Å². The average molecular weight is 562 g/mol. The van der Waals surface area contributed by atoms with Gasteiger partial charge in [-0.05, 0) is 31.2 Å². The minimum absolute atomic E-state index is 0. The Labute approximate surface area is 202 Å². The predicted octanol–water partition coefficient (Wildman–Crippen LogP) is 3.83. The lowest BCUT2D eigenvalue weighted by Crippen LogP contribution is -2.38. The quantitative estimate of drug-likeness (QED) is 0.245. The second-order valence-corrected chi connectivity index (χ2v) is 7.68. The van der Waals surface area contributed by atoms with Gasteiger partial charge in [0.25, 0.3) is 0 Å². The largest absolute Gasteiger partial charge is 0.357 e. The maximum absolute atomic E-state index is 5.91. The van der Waals surface area contributed by atoms with Gasteiger partial charge < -0.3 is 20.1 Å². The fourth-order valence-electron chi connectivity index (χ4n) is 2.44. The first-order valence-corrected chi connectivity index (χ1v) is 10.5. The number of aromatic nitrogens is 3. The van der Waals surface area contributed by atoms with E-state index in [9.17, 15) is 0 Å². The van der Waals surface area contributed by atoms with Gasteiger partial charge in [-0.1, -0.05) is 16.8 Å². The number of anilines is 1. The van der Waals surface area contributed by atoms with Crippen molar-refractivity contribution in [1.82, 2.24) is 25.8 Å². The molecular weight excluding hydrogens is 537 g/mol. The van der Waals surface area contributed by atoms with E-state index in [2.05, 4.69) is 30.8 Å². The molecule has 2 N–H and O–H groups in total. The fraction of sp³-hybridized carbons (Fsp3) is 0.368. The van der Waals surface area contributed by atoms with Crippen LogP contribution in [0.3, 0.4) is 0 Å². The minimum Gasteiger partial charge on any atom is -0.357 e. The van der Waals surface area contributed by atoms with E-state index in [1.54, 1.807) is 23.5 Å².